The third kappa shape index (κ3) is 4.86. The number of nitrogens with one attached hydrogen (secondary N) is 2. The van der Waals surface area contributed by atoms with Crippen LogP contribution in [0.1, 0.15) is 40.4 Å². The summed E-state index contributed by atoms with van der Waals surface area (Å²) in [5.74, 6) is -0.220. The largest absolute Gasteiger partial charge is 0.326 e. The van der Waals surface area contributed by atoms with E-state index in [1.807, 2.05) is 61.5 Å². The van der Waals surface area contributed by atoms with E-state index in [2.05, 4.69) is 22.8 Å². The number of hydrogen-bond donors (Lipinski definition) is 2. The zero-order valence-corrected chi connectivity index (χ0v) is 16.2. The van der Waals surface area contributed by atoms with Gasteiger partial charge in [0, 0.05) is 23.4 Å². The van der Waals surface area contributed by atoms with Gasteiger partial charge < -0.3 is 10.6 Å². The molecule has 0 atom stereocenters. The lowest BCUT2D eigenvalue weighted by Gasteiger charge is -2.13. The van der Waals surface area contributed by atoms with E-state index in [1.54, 1.807) is 13.0 Å². The van der Waals surface area contributed by atoms with Gasteiger partial charge in [-0.3, -0.25) is 9.59 Å². The van der Waals surface area contributed by atoms with Crippen molar-refractivity contribution in [2.75, 3.05) is 10.6 Å². The number of anilines is 2. The summed E-state index contributed by atoms with van der Waals surface area (Å²) in [6.07, 6.45) is 1.10. The van der Waals surface area contributed by atoms with Crippen molar-refractivity contribution >= 4 is 23.2 Å². The van der Waals surface area contributed by atoms with E-state index in [0.717, 1.165) is 16.7 Å². The maximum absolute atomic E-state index is 13.0. The first-order valence-corrected chi connectivity index (χ1v) is 9.40. The summed E-state index contributed by atoms with van der Waals surface area (Å²) < 4.78 is 0. The second-order valence-electron chi connectivity index (χ2n) is 6.71. The summed E-state index contributed by atoms with van der Waals surface area (Å²) in [6, 6.07) is 23.2. The number of carbonyl (C=O) groups is 2. The lowest BCUT2D eigenvalue weighted by atomic mass is 9.99. The van der Waals surface area contributed by atoms with Gasteiger partial charge in [-0.2, -0.15) is 0 Å². The van der Waals surface area contributed by atoms with Gasteiger partial charge in [0.1, 0.15) is 0 Å². The van der Waals surface area contributed by atoms with Crippen LogP contribution < -0.4 is 10.6 Å². The van der Waals surface area contributed by atoms with Gasteiger partial charge in [0.25, 0.3) is 5.91 Å². The zero-order valence-electron chi connectivity index (χ0n) is 16.2. The average molecular weight is 372 g/mol. The Balaban J connectivity index is 1.82. The lowest BCUT2D eigenvalue weighted by molar-refractivity contribution is -0.115. The van der Waals surface area contributed by atoms with Crippen LogP contribution in [0.3, 0.4) is 0 Å². The standard InChI is InChI=1S/C24H24N2O2/c1-3-23(27)25-20-14-13-17(2)22(16-20)26-24(28)21-12-8-7-11-19(21)15-18-9-5-4-6-10-18/h4-14,16H,3,15H2,1-2H3,(H,25,27)(H,26,28). The minimum absolute atomic E-state index is 0.0608. The van der Waals surface area contributed by atoms with Crippen molar-refractivity contribution in [3.05, 3.63) is 95.1 Å². The predicted molar refractivity (Wildman–Crippen MR) is 114 cm³/mol. The van der Waals surface area contributed by atoms with E-state index in [0.29, 0.717) is 29.8 Å². The predicted octanol–water partition coefficient (Wildman–Crippen LogP) is 5.19. The van der Waals surface area contributed by atoms with Crippen LogP contribution in [-0.2, 0) is 11.2 Å². The van der Waals surface area contributed by atoms with Gasteiger partial charge in [0.15, 0.2) is 0 Å². The first-order valence-electron chi connectivity index (χ1n) is 9.40. The van der Waals surface area contributed by atoms with Gasteiger partial charge in [-0.05, 0) is 48.2 Å². The number of benzene rings is 3. The SMILES string of the molecule is CCC(=O)Nc1ccc(C)c(NC(=O)c2ccccc2Cc2ccccc2)c1. The van der Waals surface area contributed by atoms with Crippen molar-refractivity contribution < 1.29 is 9.59 Å². The average Bonchev–Trinajstić information content (AvgIpc) is 2.71. The van der Waals surface area contributed by atoms with Gasteiger partial charge in [-0.1, -0.05) is 61.5 Å². The maximum atomic E-state index is 13.0. The maximum Gasteiger partial charge on any atom is 0.255 e. The Morgan fingerprint density at radius 2 is 1.57 bits per heavy atom. The Morgan fingerprint density at radius 3 is 2.32 bits per heavy atom. The summed E-state index contributed by atoms with van der Waals surface area (Å²) in [6.45, 7) is 3.73. The Hall–Kier alpha value is -3.40. The summed E-state index contributed by atoms with van der Waals surface area (Å²) in [7, 11) is 0. The molecule has 3 aromatic carbocycles. The molecule has 0 bridgehead atoms. The first-order chi connectivity index (χ1) is 13.6. The molecule has 0 aliphatic rings. The molecule has 0 radical (unpaired) electrons. The minimum atomic E-state index is -0.159. The number of rotatable bonds is 6. The fourth-order valence-corrected chi connectivity index (χ4v) is 2.99. The van der Waals surface area contributed by atoms with Crippen LogP contribution in [0, 0.1) is 6.92 Å². The second-order valence-corrected chi connectivity index (χ2v) is 6.71. The van der Waals surface area contributed by atoms with Crippen LogP contribution in [0.15, 0.2) is 72.8 Å². The minimum Gasteiger partial charge on any atom is -0.326 e. The van der Waals surface area contributed by atoms with E-state index < -0.39 is 0 Å². The number of hydrogen-bond acceptors (Lipinski definition) is 2. The van der Waals surface area contributed by atoms with Crippen molar-refractivity contribution in [1.29, 1.82) is 0 Å². The quantitative estimate of drug-likeness (QED) is 0.626. The van der Waals surface area contributed by atoms with Gasteiger partial charge in [-0.25, -0.2) is 0 Å². The fourth-order valence-electron chi connectivity index (χ4n) is 2.99. The van der Waals surface area contributed by atoms with Crippen LogP contribution in [0.2, 0.25) is 0 Å². The zero-order chi connectivity index (χ0) is 19.9. The number of aryl methyl sites for hydroxylation is 1. The highest BCUT2D eigenvalue weighted by molar-refractivity contribution is 6.06. The molecule has 0 aromatic heterocycles. The Bertz CT molecular complexity index is 981. The highest BCUT2D eigenvalue weighted by atomic mass is 16.2. The van der Waals surface area contributed by atoms with E-state index in [4.69, 9.17) is 0 Å². The molecule has 0 unspecified atom stereocenters. The highest BCUT2D eigenvalue weighted by Gasteiger charge is 2.13. The molecular formula is C24H24N2O2. The molecule has 0 heterocycles. The number of amides is 2. The Labute approximate surface area is 165 Å². The van der Waals surface area contributed by atoms with Gasteiger partial charge in [0.2, 0.25) is 5.91 Å². The van der Waals surface area contributed by atoms with Crippen molar-refractivity contribution in [3.63, 3.8) is 0 Å². The lowest BCUT2D eigenvalue weighted by Crippen LogP contribution is -2.16. The van der Waals surface area contributed by atoms with Crippen LogP contribution in [-0.4, -0.2) is 11.8 Å². The van der Waals surface area contributed by atoms with Gasteiger partial charge in [-0.15, -0.1) is 0 Å². The molecule has 0 saturated carbocycles. The molecule has 2 amide bonds. The molecule has 3 aromatic rings. The third-order valence-electron chi connectivity index (χ3n) is 4.59. The molecule has 4 heteroatoms. The topological polar surface area (TPSA) is 58.2 Å². The van der Waals surface area contributed by atoms with Gasteiger partial charge >= 0.3 is 0 Å². The monoisotopic (exact) mass is 372 g/mol. The molecule has 0 aliphatic heterocycles. The molecule has 28 heavy (non-hydrogen) atoms. The molecule has 2 N–H and O–H groups in total. The molecule has 0 saturated heterocycles. The summed E-state index contributed by atoms with van der Waals surface area (Å²) in [4.78, 5) is 24.6. The summed E-state index contributed by atoms with van der Waals surface area (Å²) in [5.41, 5.74) is 5.07. The molecular weight excluding hydrogens is 348 g/mol. The van der Waals surface area contributed by atoms with Crippen molar-refractivity contribution in [1.82, 2.24) is 0 Å². The Morgan fingerprint density at radius 1 is 0.857 bits per heavy atom. The smallest absolute Gasteiger partial charge is 0.255 e. The second kappa shape index (κ2) is 9.00. The third-order valence-corrected chi connectivity index (χ3v) is 4.59. The van der Waals surface area contributed by atoms with Crippen molar-refractivity contribution in [3.8, 4) is 0 Å². The molecule has 0 fully saturated rings. The Kier molecular flexibility index (Phi) is 6.22. The molecule has 3 rings (SSSR count). The first kappa shape index (κ1) is 19.4. The summed E-state index contributed by atoms with van der Waals surface area (Å²) in [5, 5.41) is 5.82. The van der Waals surface area contributed by atoms with E-state index >= 15 is 0 Å². The van der Waals surface area contributed by atoms with Crippen LogP contribution in [0.4, 0.5) is 11.4 Å². The van der Waals surface area contributed by atoms with E-state index in [-0.39, 0.29) is 11.8 Å². The van der Waals surface area contributed by atoms with Crippen LogP contribution >= 0.6 is 0 Å². The van der Waals surface area contributed by atoms with E-state index in [9.17, 15) is 9.59 Å². The van der Waals surface area contributed by atoms with Crippen molar-refractivity contribution in [2.45, 2.75) is 26.7 Å². The van der Waals surface area contributed by atoms with Crippen LogP contribution in [0.5, 0.6) is 0 Å². The number of carbonyl (C=O) groups excluding carboxylic acids is 2. The molecule has 4 nitrogen and oxygen atoms in total. The van der Waals surface area contributed by atoms with E-state index in [1.165, 1.54) is 0 Å². The normalized spacial score (nSPS) is 10.4. The van der Waals surface area contributed by atoms with Gasteiger partial charge in [0.05, 0.1) is 0 Å². The fraction of sp³-hybridized carbons (Fsp3) is 0.167. The molecule has 142 valence electrons. The summed E-state index contributed by atoms with van der Waals surface area (Å²) >= 11 is 0. The molecule has 0 aliphatic carbocycles. The highest BCUT2D eigenvalue weighted by Crippen LogP contribution is 2.22. The van der Waals surface area contributed by atoms with Crippen LogP contribution in [0.25, 0.3) is 0 Å². The molecule has 0 spiro atoms. The van der Waals surface area contributed by atoms with Crippen molar-refractivity contribution in [2.24, 2.45) is 0 Å².